The maximum Gasteiger partial charge on any atom is 0.223 e. The van der Waals surface area contributed by atoms with Crippen LogP contribution in [0.1, 0.15) is 78.1 Å². The highest BCUT2D eigenvalue weighted by molar-refractivity contribution is 5.98. The van der Waals surface area contributed by atoms with Crippen LogP contribution in [0, 0.1) is 6.92 Å². The largest absolute Gasteiger partial charge is 0.343 e. The quantitative estimate of drug-likeness (QED) is 0.594. The molecule has 2 heterocycles. The summed E-state index contributed by atoms with van der Waals surface area (Å²) in [4.78, 5) is 29.9. The van der Waals surface area contributed by atoms with Gasteiger partial charge in [0.05, 0.1) is 0 Å². The highest BCUT2D eigenvalue weighted by atomic mass is 16.2. The second-order valence-corrected chi connectivity index (χ2v) is 9.79. The van der Waals surface area contributed by atoms with Crippen LogP contribution < -0.4 is 0 Å². The van der Waals surface area contributed by atoms with Gasteiger partial charge in [0.15, 0.2) is 5.78 Å². The number of hydrogen-bond acceptors (Lipinski definition) is 3. The van der Waals surface area contributed by atoms with E-state index in [9.17, 15) is 9.59 Å². The molecule has 0 atom stereocenters. The van der Waals surface area contributed by atoms with Crippen LogP contribution in [-0.2, 0) is 17.8 Å². The zero-order valence-electron chi connectivity index (χ0n) is 19.8. The first kappa shape index (κ1) is 22.7. The molecule has 0 radical (unpaired) electrons. The topological polar surface area (TPSA) is 40.6 Å². The number of carbonyl (C=O) groups excluding carboxylic acids is 2. The lowest BCUT2D eigenvalue weighted by molar-refractivity contribution is -0.132. The Hall–Kier alpha value is -2.46. The number of amides is 1. The van der Waals surface area contributed by atoms with E-state index < -0.39 is 0 Å². The third-order valence-corrected chi connectivity index (χ3v) is 7.26. The number of likely N-dealkylation sites (tertiary alicyclic amines) is 1. The second-order valence-electron chi connectivity index (χ2n) is 9.79. The van der Waals surface area contributed by atoms with Gasteiger partial charge in [0, 0.05) is 50.6 Å². The van der Waals surface area contributed by atoms with Crippen molar-refractivity contribution in [2.24, 2.45) is 0 Å². The lowest BCUT2D eigenvalue weighted by atomic mass is 9.89. The molecule has 2 aromatic rings. The van der Waals surface area contributed by atoms with Gasteiger partial charge >= 0.3 is 0 Å². The number of carbonyl (C=O) groups is 2. The first-order valence-corrected chi connectivity index (χ1v) is 12.1. The molecule has 2 aliphatic rings. The molecular weight excluding hydrogens is 396 g/mol. The number of Topliss-reactive ketones (excluding diaryl/α,β-unsaturated/α-hetero) is 1. The number of ketones is 1. The maximum absolute atomic E-state index is 12.8. The number of rotatable bonds is 6. The number of nitrogens with zero attached hydrogens (tertiary/aromatic N) is 2. The van der Waals surface area contributed by atoms with Gasteiger partial charge in [-0.15, -0.1) is 0 Å². The highest BCUT2D eigenvalue weighted by Gasteiger charge is 2.25. The van der Waals surface area contributed by atoms with Gasteiger partial charge in [0.1, 0.15) is 0 Å². The second kappa shape index (κ2) is 9.99. The fourth-order valence-electron chi connectivity index (χ4n) is 5.02. The van der Waals surface area contributed by atoms with Crippen molar-refractivity contribution >= 4 is 11.7 Å². The molecule has 0 spiro atoms. The normalized spacial score (nSPS) is 17.4. The summed E-state index contributed by atoms with van der Waals surface area (Å²) in [5.74, 6) is 0.726. The molecule has 4 heteroatoms. The molecule has 0 unspecified atom stereocenters. The zero-order valence-corrected chi connectivity index (χ0v) is 19.8. The zero-order chi connectivity index (χ0) is 22.7. The van der Waals surface area contributed by atoms with Gasteiger partial charge in [-0.1, -0.05) is 42.0 Å². The molecule has 0 bridgehead atoms. The fourth-order valence-corrected chi connectivity index (χ4v) is 5.02. The monoisotopic (exact) mass is 432 g/mol. The van der Waals surface area contributed by atoms with Crippen LogP contribution in [0.15, 0.2) is 42.5 Å². The SMILES string of the molecule is Cc1ccc(C2CCN(C(=O)CCC(=O)c3ccc4c(c3)CN(C(C)C)CC4)CC2)cc1. The van der Waals surface area contributed by atoms with Gasteiger partial charge in [0.25, 0.3) is 0 Å². The summed E-state index contributed by atoms with van der Waals surface area (Å²) >= 11 is 0. The van der Waals surface area contributed by atoms with Crippen LogP contribution in [-0.4, -0.2) is 47.2 Å². The van der Waals surface area contributed by atoms with Gasteiger partial charge in [0.2, 0.25) is 5.91 Å². The highest BCUT2D eigenvalue weighted by Crippen LogP contribution is 2.29. The van der Waals surface area contributed by atoms with Crippen LogP contribution in [0.3, 0.4) is 0 Å². The molecule has 2 aromatic carbocycles. The molecule has 0 saturated carbocycles. The van der Waals surface area contributed by atoms with Gasteiger partial charge in [-0.05, 0) is 68.7 Å². The van der Waals surface area contributed by atoms with E-state index in [1.54, 1.807) is 0 Å². The average molecular weight is 433 g/mol. The van der Waals surface area contributed by atoms with Crippen molar-refractivity contribution in [2.75, 3.05) is 19.6 Å². The molecule has 1 amide bonds. The summed E-state index contributed by atoms with van der Waals surface area (Å²) in [5, 5.41) is 0. The minimum absolute atomic E-state index is 0.0809. The van der Waals surface area contributed by atoms with Crippen LogP contribution in [0.5, 0.6) is 0 Å². The summed E-state index contributed by atoms with van der Waals surface area (Å²) in [6.07, 6.45) is 3.64. The van der Waals surface area contributed by atoms with E-state index in [4.69, 9.17) is 0 Å². The van der Waals surface area contributed by atoms with E-state index in [-0.39, 0.29) is 11.7 Å². The average Bonchev–Trinajstić information content (AvgIpc) is 2.82. The van der Waals surface area contributed by atoms with Crippen molar-refractivity contribution in [3.63, 3.8) is 0 Å². The number of fused-ring (bicyclic) bond motifs is 1. The van der Waals surface area contributed by atoms with Crippen LogP contribution in [0.25, 0.3) is 0 Å². The molecule has 2 aliphatic heterocycles. The summed E-state index contributed by atoms with van der Waals surface area (Å²) in [5.41, 5.74) is 6.02. The van der Waals surface area contributed by atoms with E-state index in [2.05, 4.69) is 62.1 Å². The first-order chi connectivity index (χ1) is 15.4. The molecule has 4 rings (SSSR count). The Morgan fingerprint density at radius 2 is 1.66 bits per heavy atom. The minimum Gasteiger partial charge on any atom is -0.343 e. The molecule has 32 heavy (non-hydrogen) atoms. The molecular formula is C28H36N2O2. The van der Waals surface area contributed by atoms with Crippen molar-refractivity contribution in [1.29, 1.82) is 0 Å². The third kappa shape index (κ3) is 5.29. The standard InChI is InChI=1S/C28H36N2O2/c1-20(2)30-17-14-23-8-9-25(18-26(23)19-30)27(31)10-11-28(32)29-15-12-24(13-16-29)22-6-4-21(3)5-7-22/h4-9,18,20,24H,10-17,19H2,1-3H3. The summed E-state index contributed by atoms with van der Waals surface area (Å²) in [6, 6.07) is 15.4. The van der Waals surface area contributed by atoms with Crippen LogP contribution in [0.4, 0.5) is 0 Å². The Morgan fingerprint density at radius 1 is 0.938 bits per heavy atom. The third-order valence-electron chi connectivity index (χ3n) is 7.26. The fraction of sp³-hybridized carbons (Fsp3) is 0.500. The van der Waals surface area contributed by atoms with E-state index in [0.717, 1.165) is 51.0 Å². The Bertz CT molecular complexity index is 956. The molecule has 4 nitrogen and oxygen atoms in total. The number of aryl methyl sites for hydroxylation is 1. The molecule has 0 N–H and O–H groups in total. The van der Waals surface area contributed by atoms with Crippen molar-refractivity contribution in [2.45, 2.75) is 71.4 Å². The van der Waals surface area contributed by atoms with Gasteiger partial charge in [-0.25, -0.2) is 0 Å². The first-order valence-electron chi connectivity index (χ1n) is 12.1. The smallest absolute Gasteiger partial charge is 0.223 e. The van der Waals surface area contributed by atoms with Gasteiger partial charge < -0.3 is 4.90 Å². The lowest BCUT2D eigenvalue weighted by Crippen LogP contribution is -2.38. The van der Waals surface area contributed by atoms with E-state index in [1.165, 1.54) is 22.3 Å². The van der Waals surface area contributed by atoms with Crippen molar-refractivity contribution in [3.05, 3.63) is 70.3 Å². The van der Waals surface area contributed by atoms with Gasteiger partial charge in [-0.2, -0.15) is 0 Å². The Kier molecular flexibility index (Phi) is 7.10. The molecule has 0 aromatic heterocycles. The molecule has 170 valence electrons. The maximum atomic E-state index is 12.8. The molecule has 1 saturated heterocycles. The van der Waals surface area contributed by atoms with Gasteiger partial charge in [-0.3, -0.25) is 14.5 Å². The van der Waals surface area contributed by atoms with Crippen molar-refractivity contribution in [3.8, 4) is 0 Å². The number of hydrogen-bond donors (Lipinski definition) is 0. The number of benzene rings is 2. The summed E-state index contributed by atoms with van der Waals surface area (Å²) in [6.45, 7) is 10.1. The number of piperidine rings is 1. The van der Waals surface area contributed by atoms with Crippen LogP contribution >= 0.6 is 0 Å². The van der Waals surface area contributed by atoms with Crippen molar-refractivity contribution < 1.29 is 9.59 Å². The Balaban J connectivity index is 1.28. The molecule has 1 fully saturated rings. The summed E-state index contributed by atoms with van der Waals surface area (Å²) < 4.78 is 0. The Labute approximate surface area is 192 Å². The van der Waals surface area contributed by atoms with Crippen LogP contribution in [0.2, 0.25) is 0 Å². The molecule has 0 aliphatic carbocycles. The van der Waals surface area contributed by atoms with E-state index in [1.807, 2.05) is 11.0 Å². The van der Waals surface area contributed by atoms with E-state index in [0.29, 0.717) is 24.8 Å². The Morgan fingerprint density at radius 3 is 2.34 bits per heavy atom. The lowest BCUT2D eigenvalue weighted by Gasteiger charge is -2.32. The van der Waals surface area contributed by atoms with E-state index >= 15 is 0 Å². The predicted octanol–water partition coefficient (Wildman–Crippen LogP) is 5.13. The minimum atomic E-state index is 0.0809. The summed E-state index contributed by atoms with van der Waals surface area (Å²) in [7, 11) is 0. The predicted molar refractivity (Wildman–Crippen MR) is 129 cm³/mol. The van der Waals surface area contributed by atoms with Crippen molar-refractivity contribution in [1.82, 2.24) is 9.80 Å².